The quantitative estimate of drug-likeness (QED) is 0.760. The molecule has 0 aromatic carbocycles. The Kier molecular flexibility index (Phi) is 5.95. The van der Waals surface area contributed by atoms with E-state index < -0.39 is 0 Å². The van der Waals surface area contributed by atoms with Crippen molar-refractivity contribution in [3.05, 3.63) is 40.0 Å². The van der Waals surface area contributed by atoms with Crippen LogP contribution in [0.1, 0.15) is 29.6 Å². The van der Waals surface area contributed by atoms with E-state index in [-0.39, 0.29) is 0 Å². The summed E-state index contributed by atoms with van der Waals surface area (Å²) in [5.74, 6) is 0.697. The minimum Gasteiger partial charge on any atom is -0.477 e. The lowest BCUT2D eigenvalue weighted by Crippen LogP contribution is -2.15. The molecule has 1 N–H and O–H groups in total. The minimum absolute atomic E-state index is 0.641. The zero-order chi connectivity index (χ0) is 14.2. The molecule has 0 saturated heterocycles. The van der Waals surface area contributed by atoms with E-state index in [0.717, 1.165) is 37.3 Å². The molecule has 5 heteroatoms. The SMILES string of the molecule is CCCNCc1cccc(OCCc2scnc2C)n1. The Bertz CT molecular complexity index is 527. The fraction of sp³-hybridized carbons (Fsp3) is 0.467. The lowest BCUT2D eigenvalue weighted by molar-refractivity contribution is 0.309. The third kappa shape index (κ3) is 4.58. The average molecular weight is 291 g/mol. The Labute approximate surface area is 124 Å². The van der Waals surface area contributed by atoms with Crippen molar-refractivity contribution in [3.8, 4) is 5.88 Å². The molecule has 0 amide bonds. The van der Waals surface area contributed by atoms with E-state index in [1.54, 1.807) is 11.3 Å². The first kappa shape index (κ1) is 14.9. The van der Waals surface area contributed by atoms with Crippen molar-refractivity contribution in [1.82, 2.24) is 15.3 Å². The Balaban J connectivity index is 1.80. The first-order valence-electron chi connectivity index (χ1n) is 6.98. The van der Waals surface area contributed by atoms with Gasteiger partial charge < -0.3 is 10.1 Å². The predicted octanol–water partition coefficient (Wildman–Crippen LogP) is 2.97. The number of hydrogen-bond donors (Lipinski definition) is 1. The molecular formula is C15H21N3OS. The molecule has 108 valence electrons. The number of nitrogens with one attached hydrogen (secondary N) is 1. The highest BCUT2D eigenvalue weighted by Crippen LogP contribution is 2.14. The highest BCUT2D eigenvalue weighted by molar-refractivity contribution is 7.09. The number of rotatable bonds is 8. The van der Waals surface area contributed by atoms with Crippen LogP contribution < -0.4 is 10.1 Å². The second kappa shape index (κ2) is 7.97. The van der Waals surface area contributed by atoms with Gasteiger partial charge in [0.15, 0.2) is 0 Å². The summed E-state index contributed by atoms with van der Waals surface area (Å²) in [6.07, 6.45) is 2.01. The predicted molar refractivity (Wildman–Crippen MR) is 82.3 cm³/mol. The third-order valence-corrected chi connectivity index (χ3v) is 3.93. The molecule has 0 aliphatic heterocycles. The van der Waals surface area contributed by atoms with Crippen molar-refractivity contribution in [2.45, 2.75) is 33.2 Å². The van der Waals surface area contributed by atoms with Gasteiger partial charge in [-0.05, 0) is 26.0 Å². The molecule has 0 aliphatic rings. The molecule has 0 aliphatic carbocycles. The van der Waals surface area contributed by atoms with Gasteiger partial charge in [-0.25, -0.2) is 9.97 Å². The van der Waals surface area contributed by atoms with Crippen molar-refractivity contribution in [2.24, 2.45) is 0 Å². The zero-order valence-electron chi connectivity index (χ0n) is 12.1. The van der Waals surface area contributed by atoms with Gasteiger partial charge in [0.05, 0.1) is 23.5 Å². The molecule has 20 heavy (non-hydrogen) atoms. The molecule has 0 spiro atoms. The Morgan fingerprint density at radius 3 is 3.00 bits per heavy atom. The van der Waals surface area contributed by atoms with Crippen molar-refractivity contribution >= 4 is 11.3 Å². The summed E-state index contributed by atoms with van der Waals surface area (Å²) in [5, 5.41) is 3.34. The van der Waals surface area contributed by atoms with Crippen molar-refractivity contribution in [1.29, 1.82) is 0 Å². The molecule has 2 rings (SSSR count). The number of aromatic nitrogens is 2. The van der Waals surface area contributed by atoms with Crippen LogP contribution in [-0.4, -0.2) is 23.1 Å². The monoisotopic (exact) mass is 291 g/mol. The van der Waals surface area contributed by atoms with Gasteiger partial charge in [0.25, 0.3) is 0 Å². The molecule has 0 radical (unpaired) electrons. The second-order valence-corrected chi connectivity index (χ2v) is 5.54. The minimum atomic E-state index is 0.641. The molecule has 0 unspecified atom stereocenters. The Hall–Kier alpha value is -1.46. The van der Waals surface area contributed by atoms with E-state index in [0.29, 0.717) is 12.5 Å². The summed E-state index contributed by atoms with van der Waals surface area (Å²) in [6, 6.07) is 5.91. The van der Waals surface area contributed by atoms with Crippen LogP contribution in [0.15, 0.2) is 23.7 Å². The number of ether oxygens (including phenoxy) is 1. The van der Waals surface area contributed by atoms with E-state index in [1.807, 2.05) is 30.6 Å². The molecule has 0 atom stereocenters. The zero-order valence-corrected chi connectivity index (χ0v) is 12.9. The van der Waals surface area contributed by atoms with E-state index in [9.17, 15) is 0 Å². The lowest BCUT2D eigenvalue weighted by atomic mass is 10.3. The van der Waals surface area contributed by atoms with E-state index in [4.69, 9.17) is 4.74 Å². The van der Waals surface area contributed by atoms with Gasteiger partial charge in [0, 0.05) is 23.9 Å². The fourth-order valence-electron chi connectivity index (χ4n) is 1.84. The molecule has 2 aromatic heterocycles. The first-order chi connectivity index (χ1) is 9.79. The van der Waals surface area contributed by atoms with E-state index in [1.165, 1.54) is 4.88 Å². The molecule has 0 bridgehead atoms. The number of pyridine rings is 1. The third-order valence-electron chi connectivity index (χ3n) is 2.94. The first-order valence-corrected chi connectivity index (χ1v) is 7.86. The summed E-state index contributed by atoms with van der Waals surface area (Å²) < 4.78 is 5.72. The highest BCUT2D eigenvalue weighted by Gasteiger charge is 2.03. The number of nitrogens with zero attached hydrogens (tertiary/aromatic N) is 2. The van der Waals surface area contributed by atoms with Gasteiger partial charge in [-0.3, -0.25) is 0 Å². The maximum Gasteiger partial charge on any atom is 0.213 e. The van der Waals surface area contributed by atoms with E-state index >= 15 is 0 Å². The molecule has 2 heterocycles. The van der Waals surface area contributed by atoms with E-state index in [2.05, 4.69) is 22.2 Å². The van der Waals surface area contributed by atoms with Crippen LogP contribution in [0.5, 0.6) is 5.88 Å². The summed E-state index contributed by atoms with van der Waals surface area (Å²) in [4.78, 5) is 10.0. The van der Waals surface area contributed by atoms with Gasteiger partial charge in [-0.1, -0.05) is 13.0 Å². The summed E-state index contributed by atoms with van der Waals surface area (Å²) in [6.45, 7) is 6.63. The molecular weight excluding hydrogens is 270 g/mol. The van der Waals surface area contributed by atoms with Crippen molar-refractivity contribution in [2.75, 3.05) is 13.2 Å². The van der Waals surface area contributed by atoms with Crippen LogP contribution in [0.2, 0.25) is 0 Å². The molecule has 4 nitrogen and oxygen atoms in total. The summed E-state index contributed by atoms with van der Waals surface area (Å²) in [7, 11) is 0. The van der Waals surface area contributed by atoms with Crippen LogP contribution in [0.4, 0.5) is 0 Å². The standard InChI is InChI=1S/C15H21N3OS/c1-3-8-16-10-13-5-4-6-15(18-13)19-9-7-14-12(2)17-11-20-14/h4-6,11,16H,3,7-10H2,1-2H3. The smallest absolute Gasteiger partial charge is 0.213 e. The van der Waals surface area contributed by atoms with Crippen molar-refractivity contribution in [3.63, 3.8) is 0 Å². The highest BCUT2D eigenvalue weighted by atomic mass is 32.1. The van der Waals surface area contributed by atoms with Crippen LogP contribution in [0.25, 0.3) is 0 Å². The van der Waals surface area contributed by atoms with Crippen LogP contribution >= 0.6 is 11.3 Å². The number of hydrogen-bond acceptors (Lipinski definition) is 5. The normalized spacial score (nSPS) is 10.7. The maximum atomic E-state index is 5.72. The molecule has 0 saturated carbocycles. The van der Waals surface area contributed by atoms with Gasteiger partial charge in [-0.2, -0.15) is 0 Å². The topological polar surface area (TPSA) is 47.0 Å². The van der Waals surface area contributed by atoms with Crippen LogP contribution in [0.3, 0.4) is 0 Å². The Morgan fingerprint density at radius 1 is 1.35 bits per heavy atom. The van der Waals surface area contributed by atoms with Crippen molar-refractivity contribution < 1.29 is 4.74 Å². The van der Waals surface area contributed by atoms with Crippen LogP contribution in [0, 0.1) is 6.92 Å². The van der Waals surface area contributed by atoms with Gasteiger partial charge in [0.2, 0.25) is 5.88 Å². The number of thiazole rings is 1. The summed E-state index contributed by atoms with van der Waals surface area (Å²) >= 11 is 1.68. The summed E-state index contributed by atoms with van der Waals surface area (Å²) in [5.41, 5.74) is 4.00. The maximum absolute atomic E-state index is 5.72. The fourth-order valence-corrected chi connectivity index (χ4v) is 2.61. The lowest BCUT2D eigenvalue weighted by Gasteiger charge is -2.07. The second-order valence-electron chi connectivity index (χ2n) is 4.60. The average Bonchev–Trinajstić information content (AvgIpc) is 2.85. The number of aryl methyl sites for hydroxylation is 1. The van der Waals surface area contributed by atoms with Gasteiger partial charge in [0.1, 0.15) is 0 Å². The Morgan fingerprint density at radius 2 is 2.25 bits per heavy atom. The molecule has 2 aromatic rings. The van der Waals surface area contributed by atoms with Crippen LogP contribution in [-0.2, 0) is 13.0 Å². The van der Waals surface area contributed by atoms with Gasteiger partial charge >= 0.3 is 0 Å². The van der Waals surface area contributed by atoms with Gasteiger partial charge in [-0.15, -0.1) is 11.3 Å². The molecule has 0 fully saturated rings. The largest absolute Gasteiger partial charge is 0.477 e.